The summed E-state index contributed by atoms with van der Waals surface area (Å²) in [5, 5.41) is 9.44. The normalized spacial score (nSPS) is 17.2. The lowest BCUT2D eigenvalue weighted by molar-refractivity contribution is 0.0697. The standard InChI is InChI=1S/C24H25N3O2/c1-17-25-14-13-22(26-17)23-8-4-5-15-27(23)16-18-9-11-19(12-10-18)20-6-2-3-7-21(20)24(28)29/h2-3,6-7,9-14,23H,4-5,8,15-16H2,1H3,(H,28,29)/t23-/m1/s1. The largest absolute Gasteiger partial charge is 0.478 e. The molecule has 1 aliphatic heterocycles. The fourth-order valence-electron chi connectivity index (χ4n) is 4.12. The van der Waals surface area contributed by atoms with Crippen LogP contribution in [0, 0.1) is 6.92 Å². The molecule has 5 heteroatoms. The van der Waals surface area contributed by atoms with E-state index in [-0.39, 0.29) is 0 Å². The average molecular weight is 387 g/mol. The van der Waals surface area contributed by atoms with Gasteiger partial charge >= 0.3 is 5.97 Å². The van der Waals surface area contributed by atoms with Crippen LogP contribution in [0.15, 0.2) is 60.8 Å². The highest BCUT2D eigenvalue weighted by molar-refractivity contribution is 5.95. The lowest BCUT2D eigenvalue weighted by Gasteiger charge is -2.35. The smallest absolute Gasteiger partial charge is 0.336 e. The van der Waals surface area contributed by atoms with Crippen molar-refractivity contribution in [1.82, 2.24) is 14.9 Å². The molecule has 148 valence electrons. The number of likely N-dealkylation sites (tertiary alicyclic amines) is 1. The van der Waals surface area contributed by atoms with Crippen LogP contribution in [0.1, 0.15) is 52.7 Å². The molecule has 0 bridgehead atoms. The maximum absolute atomic E-state index is 11.5. The lowest BCUT2D eigenvalue weighted by atomic mass is 9.96. The molecule has 0 unspecified atom stereocenters. The Balaban J connectivity index is 1.54. The van der Waals surface area contributed by atoms with Gasteiger partial charge in [0.1, 0.15) is 5.82 Å². The molecule has 3 aromatic rings. The zero-order valence-corrected chi connectivity index (χ0v) is 16.6. The van der Waals surface area contributed by atoms with Gasteiger partial charge in [-0.25, -0.2) is 14.8 Å². The van der Waals surface area contributed by atoms with E-state index < -0.39 is 5.97 Å². The number of rotatable bonds is 5. The van der Waals surface area contributed by atoms with E-state index >= 15 is 0 Å². The number of carboxylic acid groups (broad SMARTS) is 1. The molecule has 1 atom stereocenters. The van der Waals surface area contributed by atoms with Gasteiger partial charge in [0.15, 0.2) is 0 Å². The Bertz CT molecular complexity index is 1000. The molecular formula is C24H25N3O2. The first-order chi connectivity index (χ1) is 14.1. The Labute approximate surface area is 171 Å². The van der Waals surface area contributed by atoms with Gasteiger partial charge in [0.05, 0.1) is 17.3 Å². The van der Waals surface area contributed by atoms with Crippen LogP contribution in [0.4, 0.5) is 0 Å². The zero-order valence-electron chi connectivity index (χ0n) is 16.6. The second kappa shape index (κ2) is 8.53. The van der Waals surface area contributed by atoms with E-state index in [0.29, 0.717) is 11.6 Å². The van der Waals surface area contributed by atoms with E-state index in [9.17, 15) is 9.90 Å². The second-order valence-corrected chi connectivity index (χ2v) is 7.56. The van der Waals surface area contributed by atoms with Crippen LogP contribution < -0.4 is 0 Å². The third-order valence-electron chi connectivity index (χ3n) is 5.56. The van der Waals surface area contributed by atoms with Crippen LogP contribution in [-0.2, 0) is 6.54 Å². The Morgan fingerprint density at radius 1 is 1.10 bits per heavy atom. The lowest BCUT2D eigenvalue weighted by Crippen LogP contribution is -2.33. The van der Waals surface area contributed by atoms with Crippen LogP contribution in [0.5, 0.6) is 0 Å². The number of nitrogens with zero attached hydrogens (tertiary/aromatic N) is 3. The van der Waals surface area contributed by atoms with Gasteiger partial charge in [0.2, 0.25) is 0 Å². The monoisotopic (exact) mass is 387 g/mol. The fraction of sp³-hybridized carbons (Fsp3) is 0.292. The van der Waals surface area contributed by atoms with Crippen molar-refractivity contribution in [3.63, 3.8) is 0 Å². The average Bonchev–Trinajstić information content (AvgIpc) is 2.75. The summed E-state index contributed by atoms with van der Waals surface area (Å²) in [6.07, 6.45) is 5.37. The molecule has 2 heterocycles. The quantitative estimate of drug-likeness (QED) is 0.676. The molecule has 0 amide bonds. The zero-order chi connectivity index (χ0) is 20.2. The van der Waals surface area contributed by atoms with Crippen LogP contribution in [0.2, 0.25) is 0 Å². The van der Waals surface area contributed by atoms with Crippen molar-refractivity contribution < 1.29 is 9.90 Å². The van der Waals surface area contributed by atoms with Gasteiger partial charge in [-0.3, -0.25) is 4.90 Å². The van der Waals surface area contributed by atoms with Crippen molar-refractivity contribution in [2.75, 3.05) is 6.54 Å². The molecule has 4 rings (SSSR count). The van der Waals surface area contributed by atoms with Gasteiger partial charge in [-0.2, -0.15) is 0 Å². The number of carbonyl (C=O) groups is 1. The number of carboxylic acids is 1. The fourth-order valence-corrected chi connectivity index (χ4v) is 4.12. The summed E-state index contributed by atoms with van der Waals surface area (Å²) in [7, 11) is 0. The van der Waals surface area contributed by atoms with Gasteiger partial charge in [0.25, 0.3) is 0 Å². The molecule has 5 nitrogen and oxygen atoms in total. The number of benzene rings is 2. The summed E-state index contributed by atoms with van der Waals surface area (Å²) >= 11 is 0. The SMILES string of the molecule is Cc1nccc([C@H]2CCCCN2Cc2ccc(-c3ccccc3C(=O)O)cc2)n1. The Morgan fingerprint density at radius 2 is 1.90 bits per heavy atom. The minimum Gasteiger partial charge on any atom is -0.478 e. The Kier molecular flexibility index (Phi) is 5.67. The van der Waals surface area contributed by atoms with Gasteiger partial charge < -0.3 is 5.11 Å². The number of aryl methyl sites for hydroxylation is 1. The predicted octanol–water partition coefficient (Wildman–Crippen LogP) is 4.88. The summed E-state index contributed by atoms with van der Waals surface area (Å²) in [4.78, 5) is 22.9. The number of hydrogen-bond donors (Lipinski definition) is 1. The van der Waals surface area contributed by atoms with Crippen molar-refractivity contribution in [3.05, 3.63) is 83.4 Å². The third-order valence-corrected chi connectivity index (χ3v) is 5.56. The summed E-state index contributed by atoms with van der Waals surface area (Å²) in [6.45, 7) is 3.84. The third kappa shape index (κ3) is 4.35. The van der Waals surface area contributed by atoms with Gasteiger partial charge in [-0.05, 0) is 55.1 Å². The molecule has 1 aromatic heterocycles. The van der Waals surface area contributed by atoms with E-state index in [1.165, 1.54) is 18.4 Å². The highest BCUT2D eigenvalue weighted by atomic mass is 16.4. The molecule has 0 spiro atoms. The van der Waals surface area contributed by atoms with Gasteiger partial charge in [0, 0.05) is 12.7 Å². The van der Waals surface area contributed by atoms with Crippen molar-refractivity contribution in [2.24, 2.45) is 0 Å². The molecule has 0 saturated carbocycles. The minimum atomic E-state index is -0.902. The molecule has 1 aliphatic rings. The van der Waals surface area contributed by atoms with E-state index in [0.717, 1.165) is 42.2 Å². The van der Waals surface area contributed by atoms with E-state index in [1.807, 2.05) is 43.5 Å². The maximum atomic E-state index is 11.5. The first-order valence-corrected chi connectivity index (χ1v) is 10.1. The van der Waals surface area contributed by atoms with Crippen molar-refractivity contribution >= 4 is 5.97 Å². The van der Waals surface area contributed by atoms with Crippen LogP contribution in [0.3, 0.4) is 0 Å². The van der Waals surface area contributed by atoms with Crippen molar-refractivity contribution in [1.29, 1.82) is 0 Å². The molecule has 2 aromatic carbocycles. The molecule has 0 radical (unpaired) electrons. The maximum Gasteiger partial charge on any atom is 0.336 e. The number of hydrogen-bond acceptors (Lipinski definition) is 4. The van der Waals surface area contributed by atoms with Crippen molar-refractivity contribution in [3.8, 4) is 11.1 Å². The van der Waals surface area contributed by atoms with E-state index in [4.69, 9.17) is 0 Å². The van der Waals surface area contributed by atoms with Gasteiger partial charge in [-0.1, -0.05) is 48.9 Å². The molecule has 0 aliphatic carbocycles. The summed E-state index contributed by atoms with van der Waals surface area (Å²) in [5.41, 5.74) is 4.33. The molecule has 1 fully saturated rings. The van der Waals surface area contributed by atoms with Crippen LogP contribution >= 0.6 is 0 Å². The number of aromatic carboxylic acids is 1. The molecule has 1 N–H and O–H groups in total. The van der Waals surface area contributed by atoms with E-state index in [1.54, 1.807) is 12.1 Å². The first-order valence-electron chi connectivity index (χ1n) is 10.1. The van der Waals surface area contributed by atoms with Crippen LogP contribution in [0.25, 0.3) is 11.1 Å². The van der Waals surface area contributed by atoms with Crippen molar-refractivity contribution in [2.45, 2.75) is 38.8 Å². The summed E-state index contributed by atoms with van der Waals surface area (Å²) in [5.74, 6) is -0.0875. The Morgan fingerprint density at radius 3 is 2.66 bits per heavy atom. The van der Waals surface area contributed by atoms with Crippen LogP contribution in [-0.4, -0.2) is 32.5 Å². The van der Waals surface area contributed by atoms with Gasteiger partial charge in [-0.15, -0.1) is 0 Å². The summed E-state index contributed by atoms with van der Waals surface area (Å²) < 4.78 is 0. The highest BCUT2D eigenvalue weighted by Gasteiger charge is 2.25. The Hall–Kier alpha value is -3.05. The topological polar surface area (TPSA) is 66.3 Å². The number of aromatic nitrogens is 2. The van der Waals surface area contributed by atoms with E-state index in [2.05, 4.69) is 27.0 Å². The second-order valence-electron chi connectivity index (χ2n) is 7.56. The summed E-state index contributed by atoms with van der Waals surface area (Å²) in [6, 6.07) is 17.7. The minimum absolute atomic E-state index is 0.317. The molecule has 1 saturated heterocycles. The number of piperidine rings is 1. The first kappa shape index (κ1) is 19.3. The molecule has 29 heavy (non-hydrogen) atoms. The predicted molar refractivity (Wildman–Crippen MR) is 113 cm³/mol. The molecular weight excluding hydrogens is 362 g/mol. The highest BCUT2D eigenvalue weighted by Crippen LogP contribution is 2.31.